The first-order valence-electron chi connectivity index (χ1n) is 13.3. The van der Waals surface area contributed by atoms with Crippen molar-refractivity contribution in [2.45, 2.75) is 33.1 Å². The molecule has 0 saturated carbocycles. The van der Waals surface area contributed by atoms with E-state index in [0.29, 0.717) is 30.4 Å². The molecule has 0 radical (unpaired) electrons. The second-order valence-electron chi connectivity index (χ2n) is 9.19. The predicted molar refractivity (Wildman–Crippen MR) is 163 cm³/mol. The monoisotopic (exact) mass is 646 g/mol. The van der Waals surface area contributed by atoms with Crippen LogP contribution in [0.2, 0.25) is 0 Å². The molecule has 0 aromatic heterocycles. The van der Waals surface area contributed by atoms with Crippen LogP contribution in [-0.2, 0) is 60.1 Å². The molecule has 2 aromatic rings. The van der Waals surface area contributed by atoms with Crippen molar-refractivity contribution in [1.29, 1.82) is 0 Å². The minimum atomic E-state index is -3.49. The summed E-state index contributed by atoms with van der Waals surface area (Å²) in [6, 6.07) is 10.7. The molecule has 0 heterocycles. The third-order valence-electron chi connectivity index (χ3n) is 6.31. The molecule has 14 heteroatoms. The zero-order valence-corrected chi connectivity index (χ0v) is 27.6. The second kappa shape index (κ2) is 16.8. The van der Waals surface area contributed by atoms with Crippen molar-refractivity contribution < 1.29 is 50.7 Å². The SMILES string of the molecule is CCOP(=O)(C=Cc1cc(Cc2cc(CCP(=O)(OC)OC)cc(CCP(=O)(OC)OC)c2)cc(C(=O)O)c1)OCC. The van der Waals surface area contributed by atoms with Crippen LogP contribution in [0.15, 0.2) is 42.2 Å². The lowest BCUT2D eigenvalue weighted by Gasteiger charge is -2.16. The van der Waals surface area contributed by atoms with E-state index < -0.39 is 28.8 Å². The average Bonchev–Trinajstić information content (AvgIpc) is 2.97. The van der Waals surface area contributed by atoms with Crippen LogP contribution in [0.25, 0.3) is 6.08 Å². The third-order valence-corrected chi connectivity index (χ3v) is 11.8. The number of carboxylic acid groups (broad SMARTS) is 1. The molecule has 1 N–H and O–H groups in total. The van der Waals surface area contributed by atoms with E-state index in [0.717, 1.165) is 16.7 Å². The van der Waals surface area contributed by atoms with E-state index in [4.69, 9.17) is 27.1 Å². The van der Waals surface area contributed by atoms with Gasteiger partial charge in [-0.1, -0.05) is 24.3 Å². The minimum Gasteiger partial charge on any atom is -0.478 e. The van der Waals surface area contributed by atoms with Gasteiger partial charge in [0.15, 0.2) is 0 Å². The van der Waals surface area contributed by atoms with Gasteiger partial charge in [-0.3, -0.25) is 13.7 Å². The zero-order chi connectivity index (χ0) is 31.4. The summed E-state index contributed by atoms with van der Waals surface area (Å²) in [6.45, 7) is 3.79. The molecular weight excluding hydrogens is 605 g/mol. The molecule has 0 aliphatic rings. The first-order valence-corrected chi connectivity index (χ1v) is 18.4. The molecule has 0 aliphatic carbocycles. The van der Waals surface area contributed by atoms with Gasteiger partial charge in [0.1, 0.15) is 0 Å². The Labute approximate surface area is 248 Å². The Morgan fingerprint density at radius 3 is 1.60 bits per heavy atom. The van der Waals surface area contributed by atoms with Crippen LogP contribution in [0, 0.1) is 0 Å². The molecule has 2 aromatic carbocycles. The van der Waals surface area contributed by atoms with Crippen molar-refractivity contribution in [1.82, 2.24) is 0 Å². The van der Waals surface area contributed by atoms with Crippen molar-refractivity contribution in [3.63, 3.8) is 0 Å². The summed E-state index contributed by atoms with van der Waals surface area (Å²) in [5, 5.41) is 9.74. The Bertz CT molecular complexity index is 1300. The van der Waals surface area contributed by atoms with Crippen molar-refractivity contribution in [2.75, 3.05) is 54.0 Å². The fourth-order valence-corrected chi connectivity index (χ4v) is 7.63. The third kappa shape index (κ3) is 11.3. The van der Waals surface area contributed by atoms with E-state index in [1.54, 1.807) is 26.0 Å². The molecular formula is C28H41O11P3. The molecule has 0 bridgehead atoms. The molecule has 234 valence electrons. The Morgan fingerprint density at radius 2 is 1.17 bits per heavy atom. The lowest BCUT2D eigenvalue weighted by atomic mass is 9.96. The predicted octanol–water partition coefficient (Wildman–Crippen LogP) is 7.27. The lowest BCUT2D eigenvalue weighted by Crippen LogP contribution is -2.04. The summed E-state index contributed by atoms with van der Waals surface area (Å²) < 4.78 is 69.1. The van der Waals surface area contributed by atoms with Crippen molar-refractivity contribution in [3.05, 3.63) is 75.6 Å². The fraction of sp³-hybridized carbons (Fsp3) is 0.464. The highest BCUT2D eigenvalue weighted by molar-refractivity contribution is 7.57. The van der Waals surface area contributed by atoms with Crippen LogP contribution in [-0.4, -0.2) is 65.1 Å². The molecule has 0 atom stereocenters. The quantitative estimate of drug-likeness (QED) is 0.154. The number of aryl methyl sites for hydroxylation is 2. The van der Waals surface area contributed by atoms with Gasteiger partial charge < -0.3 is 32.2 Å². The van der Waals surface area contributed by atoms with Gasteiger partial charge in [-0.05, 0) is 79.1 Å². The highest BCUT2D eigenvalue weighted by Gasteiger charge is 2.23. The standard InChI is InChI=1S/C28H41O11P3/c1-7-38-42(33,39-8-2)14-11-24-18-26(21-27(20-24)28(29)30)19-25-16-22(9-12-40(31,34-3)35-4)15-23(17-25)10-13-41(32,36-5)37-6/h11,14-18,20-21H,7-10,12-13,19H2,1-6H3,(H,29,30). The summed E-state index contributed by atoms with van der Waals surface area (Å²) in [5.41, 5.74) is 3.83. The zero-order valence-electron chi connectivity index (χ0n) is 24.9. The number of rotatable bonds is 19. The summed E-state index contributed by atoms with van der Waals surface area (Å²) in [5.74, 6) is 0.223. The number of hydrogen-bond donors (Lipinski definition) is 1. The largest absolute Gasteiger partial charge is 0.478 e. The first kappa shape index (κ1) is 36.3. The van der Waals surface area contributed by atoms with Crippen molar-refractivity contribution >= 4 is 34.8 Å². The molecule has 0 amide bonds. The smallest absolute Gasteiger partial charge is 0.354 e. The van der Waals surface area contributed by atoms with Gasteiger partial charge in [0.2, 0.25) is 0 Å². The van der Waals surface area contributed by atoms with Gasteiger partial charge in [-0.25, -0.2) is 4.79 Å². The van der Waals surface area contributed by atoms with E-state index in [1.165, 1.54) is 46.4 Å². The van der Waals surface area contributed by atoms with E-state index in [-0.39, 0.29) is 31.1 Å². The molecule has 42 heavy (non-hydrogen) atoms. The van der Waals surface area contributed by atoms with E-state index >= 15 is 0 Å². The van der Waals surface area contributed by atoms with Crippen LogP contribution in [0.5, 0.6) is 0 Å². The highest BCUT2D eigenvalue weighted by atomic mass is 31.2. The highest BCUT2D eigenvalue weighted by Crippen LogP contribution is 2.50. The molecule has 11 nitrogen and oxygen atoms in total. The average molecular weight is 647 g/mol. The molecule has 2 rings (SSSR count). The van der Waals surface area contributed by atoms with Crippen molar-refractivity contribution in [2.24, 2.45) is 0 Å². The van der Waals surface area contributed by atoms with Gasteiger partial charge in [0.25, 0.3) is 0 Å². The summed E-state index contributed by atoms with van der Waals surface area (Å²) >= 11 is 0. The summed E-state index contributed by atoms with van der Waals surface area (Å²) in [7, 11) is -4.65. The minimum absolute atomic E-state index is 0.0634. The van der Waals surface area contributed by atoms with Crippen LogP contribution in [0.1, 0.15) is 52.0 Å². The number of hydrogen-bond acceptors (Lipinski definition) is 10. The lowest BCUT2D eigenvalue weighted by molar-refractivity contribution is 0.0696. The fourth-order valence-electron chi connectivity index (χ4n) is 4.21. The van der Waals surface area contributed by atoms with Gasteiger partial charge in [-0.2, -0.15) is 0 Å². The van der Waals surface area contributed by atoms with E-state index in [2.05, 4.69) is 0 Å². The molecule has 0 unspecified atom stereocenters. The van der Waals surface area contributed by atoms with Gasteiger partial charge in [0.05, 0.1) is 31.1 Å². The maximum Gasteiger partial charge on any atom is 0.354 e. The Kier molecular flexibility index (Phi) is 14.5. The maximum absolute atomic E-state index is 12.9. The first-order chi connectivity index (χ1) is 19.9. The molecule has 0 saturated heterocycles. The van der Waals surface area contributed by atoms with Crippen LogP contribution < -0.4 is 0 Å². The molecule has 0 fully saturated rings. The van der Waals surface area contributed by atoms with E-state index in [9.17, 15) is 23.6 Å². The summed E-state index contributed by atoms with van der Waals surface area (Å²) in [4.78, 5) is 11.9. The number of aromatic carboxylic acids is 1. The number of benzene rings is 2. The van der Waals surface area contributed by atoms with Gasteiger partial charge in [-0.15, -0.1) is 0 Å². The molecule has 0 spiro atoms. The maximum atomic E-state index is 12.9. The van der Waals surface area contributed by atoms with Crippen LogP contribution in [0.3, 0.4) is 0 Å². The van der Waals surface area contributed by atoms with Crippen LogP contribution >= 0.6 is 22.8 Å². The normalized spacial score (nSPS) is 12.7. The van der Waals surface area contributed by atoms with Crippen LogP contribution in [0.4, 0.5) is 0 Å². The Morgan fingerprint density at radius 1 is 0.714 bits per heavy atom. The summed E-state index contributed by atoms with van der Waals surface area (Å²) in [6.07, 6.45) is 2.97. The number of carbonyl (C=O) groups is 1. The van der Waals surface area contributed by atoms with E-state index in [1.807, 2.05) is 18.2 Å². The second-order valence-corrected chi connectivity index (χ2v) is 15.9. The van der Waals surface area contributed by atoms with Gasteiger partial charge >= 0.3 is 28.8 Å². The number of carboxylic acids is 1. The Hall–Kier alpha value is -1.90. The van der Waals surface area contributed by atoms with Crippen molar-refractivity contribution in [3.8, 4) is 0 Å². The van der Waals surface area contributed by atoms with Gasteiger partial charge in [0, 0.05) is 34.3 Å². The topological polar surface area (TPSA) is 144 Å². The molecule has 0 aliphatic heterocycles. The Balaban J connectivity index is 2.49.